The Bertz CT molecular complexity index is 172. The maximum absolute atomic E-state index is 3.71. The summed E-state index contributed by atoms with van der Waals surface area (Å²) in [7, 11) is 0. The lowest BCUT2D eigenvalue weighted by Crippen LogP contribution is -1.86. The highest BCUT2D eigenvalue weighted by atomic mass is 14.0. The van der Waals surface area contributed by atoms with Crippen molar-refractivity contribution in [1.29, 1.82) is 0 Å². The Morgan fingerprint density at radius 2 is 2.17 bits per heavy atom. The van der Waals surface area contributed by atoms with E-state index in [-0.39, 0.29) is 0 Å². The first-order chi connectivity index (χ1) is 5.70. The Labute approximate surface area is 76.7 Å². The fourth-order valence-electron chi connectivity index (χ4n) is 1.11. The summed E-state index contributed by atoms with van der Waals surface area (Å²) in [5, 5.41) is 0. The Morgan fingerprint density at radius 1 is 1.50 bits per heavy atom. The normalized spacial score (nSPS) is 15.1. The minimum Gasteiger partial charge on any atom is -0.103 e. The first kappa shape index (κ1) is 11.2. The molecule has 0 saturated heterocycles. The minimum atomic E-state index is 0.662. The predicted octanol–water partition coefficient (Wildman–Crippen LogP) is 4.11. The van der Waals surface area contributed by atoms with Crippen LogP contribution in [0, 0.1) is 5.92 Å². The number of hydrogen-bond acceptors (Lipinski definition) is 0. The quantitative estimate of drug-likeness (QED) is 0.536. The van der Waals surface area contributed by atoms with Gasteiger partial charge in [0.15, 0.2) is 0 Å². The van der Waals surface area contributed by atoms with E-state index in [1.54, 1.807) is 0 Å². The summed E-state index contributed by atoms with van der Waals surface area (Å²) in [5.41, 5.74) is 1.42. The Hall–Kier alpha value is -0.780. The zero-order valence-electron chi connectivity index (χ0n) is 8.51. The highest BCUT2D eigenvalue weighted by Gasteiger charge is 1.92. The van der Waals surface area contributed by atoms with Crippen LogP contribution in [0.5, 0.6) is 0 Å². The van der Waals surface area contributed by atoms with Crippen LogP contribution in [-0.4, -0.2) is 0 Å². The van der Waals surface area contributed by atoms with Crippen molar-refractivity contribution in [1.82, 2.24) is 0 Å². The lowest BCUT2D eigenvalue weighted by Gasteiger charge is -2.01. The second-order valence-electron chi connectivity index (χ2n) is 3.28. The lowest BCUT2D eigenvalue weighted by molar-refractivity contribution is 0.738. The van der Waals surface area contributed by atoms with Gasteiger partial charge in [0, 0.05) is 0 Å². The molecule has 0 aliphatic rings. The largest absolute Gasteiger partial charge is 0.103 e. The monoisotopic (exact) mass is 164 g/mol. The molecule has 0 N–H and O–H groups in total. The van der Waals surface area contributed by atoms with E-state index >= 15 is 0 Å². The van der Waals surface area contributed by atoms with E-state index in [4.69, 9.17) is 0 Å². The fourth-order valence-corrected chi connectivity index (χ4v) is 1.11. The van der Waals surface area contributed by atoms with Gasteiger partial charge in [-0.05, 0) is 32.6 Å². The smallest absolute Gasteiger partial charge is 0.0144 e. The molecule has 0 aromatic heterocycles. The summed E-state index contributed by atoms with van der Waals surface area (Å²) in [5.74, 6) is 0.662. The molecule has 1 unspecified atom stereocenters. The third-order valence-corrected chi connectivity index (χ3v) is 1.83. The molecule has 0 spiro atoms. The van der Waals surface area contributed by atoms with E-state index in [9.17, 15) is 0 Å². The predicted molar refractivity (Wildman–Crippen MR) is 57.2 cm³/mol. The lowest BCUT2D eigenvalue weighted by atomic mass is 10.0. The zero-order chi connectivity index (χ0) is 9.40. The molecule has 0 fully saturated rings. The molecule has 0 bridgehead atoms. The summed E-state index contributed by atoms with van der Waals surface area (Å²) in [6, 6.07) is 0. The standard InChI is InChI=1S/C12H20/c1-5-7-11(3)9-10-12(4)8-6-2/h5-6,8-9,12H,1,7,10H2,2-4H3. The SMILES string of the molecule is C=CCC(C)=CCC(C)C=CC. The van der Waals surface area contributed by atoms with E-state index < -0.39 is 0 Å². The molecule has 0 aromatic rings. The molecule has 1 atom stereocenters. The Balaban J connectivity index is 3.77. The summed E-state index contributed by atoms with van der Waals surface area (Å²) < 4.78 is 0. The van der Waals surface area contributed by atoms with Gasteiger partial charge in [-0.2, -0.15) is 0 Å². The third kappa shape index (κ3) is 5.96. The maximum atomic E-state index is 3.71. The Kier molecular flexibility index (Phi) is 6.45. The minimum absolute atomic E-state index is 0.662. The average Bonchev–Trinajstić information content (AvgIpc) is 2.02. The van der Waals surface area contributed by atoms with Crippen LogP contribution in [0.15, 0.2) is 36.5 Å². The van der Waals surface area contributed by atoms with Gasteiger partial charge in [0.25, 0.3) is 0 Å². The van der Waals surface area contributed by atoms with Crippen LogP contribution in [0.25, 0.3) is 0 Å². The molecule has 0 radical (unpaired) electrons. The van der Waals surface area contributed by atoms with Crippen molar-refractivity contribution in [3.8, 4) is 0 Å². The first-order valence-electron chi connectivity index (χ1n) is 4.60. The van der Waals surface area contributed by atoms with Crippen LogP contribution in [0.3, 0.4) is 0 Å². The second kappa shape index (κ2) is 6.90. The molecule has 0 aliphatic heterocycles. The number of allylic oxidation sites excluding steroid dienone is 5. The molecule has 0 saturated carbocycles. The van der Waals surface area contributed by atoms with Gasteiger partial charge in [0.2, 0.25) is 0 Å². The molecule has 0 aliphatic carbocycles. The highest BCUT2D eigenvalue weighted by molar-refractivity contribution is 5.04. The highest BCUT2D eigenvalue weighted by Crippen LogP contribution is 2.09. The molecule has 0 amide bonds. The van der Waals surface area contributed by atoms with Gasteiger partial charge in [-0.3, -0.25) is 0 Å². The van der Waals surface area contributed by atoms with E-state index in [1.807, 2.05) is 6.08 Å². The van der Waals surface area contributed by atoms with Crippen molar-refractivity contribution in [3.63, 3.8) is 0 Å². The molecular formula is C12H20. The van der Waals surface area contributed by atoms with Crippen molar-refractivity contribution in [2.24, 2.45) is 5.92 Å². The Morgan fingerprint density at radius 3 is 2.67 bits per heavy atom. The first-order valence-corrected chi connectivity index (χ1v) is 4.60. The van der Waals surface area contributed by atoms with Gasteiger partial charge in [-0.1, -0.05) is 36.8 Å². The summed E-state index contributed by atoms with van der Waals surface area (Å²) >= 11 is 0. The van der Waals surface area contributed by atoms with Crippen LogP contribution in [0.4, 0.5) is 0 Å². The third-order valence-electron chi connectivity index (χ3n) is 1.83. The topological polar surface area (TPSA) is 0 Å². The molecular weight excluding hydrogens is 144 g/mol. The summed E-state index contributed by atoms with van der Waals surface area (Å²) in [4.78, 5) is 0. The van der Waals surface area contributed by atoms with Crippen LogP contribution in [-0.2, 0) is 0 Å². The van der Waals surface area contributed by atoms with E-state index in [1.165, 1.54) is 5.57 Å². The number of rotatable bonds is 5. The van der Waals surface area contributed by atoms with Crippen molar-refractivity contribution in [3.05, 3.63) is 36.5 Å². The van der Waals surface area contributed by atoms with Crippen molar-refractivity contribution < 1.29 is 0 Å². The fraction of sp³-hybridized carbons (Fsp3) is 0.500. The average molecular weight is 164 g/mol. The van der Waals surface area contributed by atoms with Gasteiger partial charge in [-0.15, -0.1) is 6.58 Å². The van der Waals surface area contributed by atoms with Gasteiger partial charge in [0.05, 0.1) is 0 Å². The van der Waals surface area contributed by atoms with Gasteiger partial charge in [0.1, 0.15) is 0 Å². The van der Waals surface area contributed by atoms with Crippen LogP contribution < -0.4 is 0 Å². The van der Waals surface area contributed by atoms with E-state index in [0.717, 1.165) is 12.8 Å². The van der Waals surface area contributed by atoms with Crippen molar-refractivity contribution in [2.45, 2.75) is 33.6 Å². The van der Waals surface area contributed by atoms with Gasteiger partial charge in [-0.25, -0.2) is 0 Å². The molecule has 0 heterocycles. The second-order valence-corrected chi connectivity index (χ2v) is 3.28. The molecule has 68 valence electrons. The zero-order valence-corrected chi connectivity index (χ0v) is 8.51. The molecule has 0 heteroatoms. The van der Waals surface area contributed by atoms with Crippen LogP contribution >= 0.6 is 0 Å². The van der Waals surface area contributed by atoms with Gasteiger partial charge < -0.3 is 0 Å². The summed E-state index contributed by atoms with van der Waals surface area (Å²) in [6.45, 7) is 10.2. The van der Waals surface area contributed by atoms with Crippen molar-refractivity contribution >= 4 is 0 Å². The van der Waals surface area contributed by atoms with E-state index in [2.05, 4.69) is 45.6 Å². The molecule has 0 rings (SSSR count). The maximum Gasteiger partial charge on any atom is -0.0144 e. The van der Waals surface area contributed by atoms with Crippen molar-refractivity contribution in [2.75, 3.05) is 0 Å². The molecule has 12 heavy (non-hydrogen) atoms. The summed E-state index contributed by atoms with van der Waals surface area (Å²) in [6.07, 6.45) is 10.8. The molecule has 0 nitrogen and oxygen atoms in total. The van der Waals surface area contributed by atoms with Crippen LogP contribution in [0.1, 0.15) is 33.6 Å². The number of hydrogen-bond donors (Lipinski definition) is 0. The molecule has 0 aromatic carbocycles. The van der Waals surface area contributed by atoms with Crippen LogP contribution in [0.2, 0.25) is 0 Å². The van der Waals surface area contributed by atoms with Gasteiger partial charge >= 0.3 is 0 Å². The van der Waals surface area contributed by atoms with E-state index in [0.29, 0.717) is 5.92 Å².